The Hall–Kier alpha value is -1.33. The van der Waals surface area contributed by atoms with E-state index in [1.165, 1.54) is 0 Å². The van der Waals surface area contributed by atoms with Crippen LogP contribution < -0.4 is 5.32 Å². The van der Waals surface area contributed by atoms with Gasteiger partial charge in [0.1, 0.15) is 0 Å². The minimum Gasteiger partial charge on any atom is -0.352 e. The van der Waals surface area contributed by atoms with Gasteiger partial charge in [0.25, 0.3) is 5.91 Å². The van der Waals surface area contributed by atoms with Crippen molar-refractivity contribution in [1.82, 2.24) is 15.1 Å². The monoisotopic (exact) mass is 341 g/mol. The standard InChI is InChI=1S/C13H13BrClN3O/c14-11-8-17-18(9-11)7-1-6-16-13(19)10-2-4-12(15)5-3-10/h2-5,8-9H,1,6-7H2,(H,16,19). The SMILES string of the molecule is O=C(NCCCn1cc(Br)cn1)c1ccc(Cl)cc1. The smallest absolute Gasteiger partial charge is 0.251 e. The van der Waals surface area contributed by atoms with Crippen LogP contribution in [0, 0.1) is 0 Å². The van der Waals surface area contributed by atoms with Crippen LogP contribution in [0.1, 0.15) is 16.8 Å². The van der Waals surface area contributed by atoms with E-state index in [0.29, 0.717) is 17.1 Å². The van der Waals surface area contributed by atoms with Crippen molar-refractivity contribution in [2.75, 3.05) is 6.54 Å². The fraction of sp³-hybridized carbons (Fsp3) is 0.231. The van der Waals surface area contributed by atoms with E-state index in [0.717, 1.165) is 17.4 Å². The molecule has 19 heavy (non-hydrogen) atoms. The quantitative estimate of drug-likeness (QED) is 0.849. The number of aromatic nitrogens is 2. The summed E-state index contributed by atoms with van der Waals surface area (Å²) in [5.41, 5.74) is 0.617. The molecule has 0 radical (unpaired) electrons. The lowest BCUT2D eigenvalue weighted by molar-refractivity contribution is 0.0952. The van der Waals surface area contributed by atoms with Crippen LogP contribution in [0.2, 0.25) is 5.02 Å². The van der Waals surface area contributed by atoms with E-state index in [4.69, 9.17) is 11.6 Å². The second-order valence-electron chi connectivity index (χ2n) is 4.04. The van der Waals surface area contributed by atoms with Gasteiger partial charge in [-0.2, -0.15) is 5.10 Å². The van der Waals surface area contributed by atoms with Crippen LogP contribution in [0.15, 0.2) is 41.1 Å². The highest BCUT2D eigenvalue weighted by molar-refractivity contribution is 9.10. The van der Waals surface area contributed by atoms with Crippen LogP contribution in [-0.2, 0) is 6.54 Å². The van der Waals surface area contributed by atoms with E-state index >= 15 is 0 Å². The third kappa shape index (κ3) is 4.36. The largest absolute Gasteiger partial charge is 0.352 e. The molecule has 0 spiro atoms. The highest BCUT2D eigenvalue weighted by Crippen LogP contribution is 2.09. The van der Waals surface area contributed by atoms with Crippen molar-refractivity contribution in [1.29, 1.82) is 0 Å². The zero-order valence-electron chi connectivity index (χ0n) is 10.1. The highest BCUT2D eigenvalue weighted by Gasteiger charge is 2.04. The van der Waals surface area contributed by atoms with Crippen molar-refractivity contribution >= 4 is 33.4 Å². The van der Waals surface area contributed by atoms with Gasteiger partial charge in [-0.05, 0) is 46.6 Å². The summed E-state index contributed by atoms with van der Waals surface area (Å²) < 4.78 is 2.79. The number of amides is 1. The predicted octanol–water partition coefficient (Wildman–Crippen LogP) is 3.12. The third-order valence-corrected chi connectivity index (χ3v) is 3.22. The number of nitrogens with one attached hydrogen (secondary N) is 1. The summed E-state index contributed by atoms with van der Waals surface area (Å²) in [6.07, 6.45) is 4.47. The zero-order valence-corrected chi connectivity index (χ0v) is 12.5. The van der Waals surface area contributed by atoms with E-state index in [2.05, 4.69) is 26.3 Å². The van der Waals surface area contributed by atoms with Crippen molar-refractivity contribution in [2.45, 2.75) is 13.0 Å². The van der Waals surface area contributed by atoms with Gasteiger partial charge >= 0.3 is 0 Å². The lowest BCUT2D eigenvalue weighted by Crippen LogP contribution is -2.25. The molecular weight excluding hydrogens is 330 g/mol. The Morgan fingerprint density at radius 1 is 1.37 bits per heavy atom. The van der Waals surface area contributed by atoms with Gasteiger partial charge in [0.05, 0.1) is 10.7 Å². The number of carbonyl (C=O) groups is 1. The van der Waals surface area contributed by atoms with Crippen LogP contribution in [-0.4, -0.2) is 22.2 Å². The lowest BCUT2D eigenvalue weighted by Gasteiger charge is -2.05. The molecule has 4 nitrogen and oxygen atoms in total. The van der Waals surface area contributed by atoms with E-state index in [1.54, 1.807) is 30.5 Å². The second kappa shape index (κ2) is 6.73. The number of benzene rings is 1. The Bertz CT molecular complexity index is 553. The summed E-state index contributed by atoms with van der Waals surface area (Å²) in [5.74, 6) is -0.0849. The fourth-order valence-corrected chi connectivity index (χ4v) is 2.06. The van der Waals surface area contributed by atoms with Crippen molar-refractivity contribution in [3.63, 3.8) is 0 Å². The highest BCUT2D eigenvalue weighted by atomic mass is 79.9. The van der Waals surface area contributed by atoms with Crippen molar-refractivity contribution in [3.8, 4) is 0 Å². The van der Waals surface area contributed by atoms with Crippen LogP contribution >= 0.6 is 27.5 Å². The Balaban J connectivity index is 1.73. The summed E-state index contributed by atoms with van der Waals surface area (Å²) in [7, 11) is 0. The van der Waals surface area contributed by atoms with Gasteiger partial charge in [0.15, 0.2) is 0 Å². The minimum atomic E-state index is -0.0849. The van der Waals surface area contributed by atoms with Gasteiger partial charge in [-0.15, -0.1) is 0 Å². The first-order valence-corrected chi connectivity index (χ1v) is 7.04. The molecule has 1 heterocycles. The topological polar surface area (TPSA) is 46.9 Å². The Kier molecular flexibility index (Phi) is 4.99. The molecule has 1 amide bonds. The van der Waals surface area contributed by atoms with E-state index in [1.807, 2.05) is 10.9 Å². The van der Waals surface area contributed by atoms with Crippen molar-refractivity contribution in [2.24, 2.45) is 0 Å². The fourth-order valence-electron chi connectivity index (χ4n) is 1.61. The molecule has 0 aliphatic heterocycles. The van der Waals surface area contributed by atoms with Gasteiger partial charge < -0.3 is 5.32 Å². The lowest BCUT2D eigenvalue weighted by atomic mass is 10.2. The summed E-state index contributed by atoms with van der Waals surface area (Å²) in [6.45, 7) is 1.38. The van der Waals surface area contributed by atoms with Gasteiger partial charge in [-0.25, -0.2) is 0 Å². The first-order chi connectivity index (χ1) is 9.15. The van der Waals surface area contributed by atoms with E-state index < -0.39 is 0 Å². The van der Waals surface area contributed by atoms with E-state index in [-0.39, 0.29) is 5.91 Å². The minimum absolute atomic E-state index is 0.0849. The average molecular weight is 343 g/mol. The Morgan fingerprint density at radius 2 is 2.11 bits per heavy atom. The second-order valence-corrected chi connectivity index (χ2v) is 5.39. The number of hydrogen-bond acceptors (Lipinski definition) is 2. The zero-order chi connectivity index (χ0) is 13.7. The molecule has 0 fully saturated rings. The number of halogens is 2. The molecule has 100 valence electrons. The molecule has 2 aromatic rings. The van der Waals surface area contributed by atoms with Crippen molar-refractivity contribution < 1.29 is 4.79 Å². The van der Waals surface area contributed by atoms with Gasteiger partial charge in [-0.1, -0.05) is 11.6 Å². The molecule has 0 bridgehead atoms. The van der Waals surface area contributed by atoms with E-state index in [9.17, 15) is 4.79 Å². The molecule has 0 atom stereocenters. The van der Waals surface area contributed by atoms with Crippen LogP contribution in [0.5, 0.6) is 0 Å². The summed E-state index contributed by atoms with van der Waals surface area (Å²) >= 11 is 9.10. The molecule has 0 saturated heterocycles. The number of hydrogen-bond donors (Lipinski definition) is 1. The number of nitrogens with zero attached hydrogens (tertiary/aromatic N) is 2. The molecule has 2 rings (SSSR count). The third-order valence-electron chi connectivity index (χ3n) is 2.56. The molecule has 0 aliphatic rings. The van der Waals surface area contributed by atoms with Gasteiger partial charge in [0, 0.05) is 29.9 Å². The first kappa shape index (κ1) is 14.1. The molecule has 1 aromatic heterocycles. The Labute approximate surface area is 124 Å². The number of rotatable bonds is 5. The predicted molar refractivity (Wildman–Crippen MR) is 78.3 cm³/mol. The van der Waals surface area contributed by atoms with Crippen LogP contribution in [0.4, 0.5) is 0 Å². The maximum Gasteiger partial charge on any atom is 0.251 e. The molecular formula is C13H13BrClN3O. The molecule has 1 N–H and O–H groups in total. The number of carbonyl (C=O) groups excluding carboxylic acids is 1. The van der Waals surface area contributed by atoms with Crippen molar-refractivity contribution in [3.05, 3.63) is 51.7 Å². The Morgan fingerprint density at radius 3 is 2.74 bits per heavy atom. The number of aryl methyl sites for hydroxylation is 1. The molecule has 0 unspecified atom stereocenters. The molecule has 0 saturated carbocycles. The maximum atomic E-state index is 11.8. The average Bonchev–Trinajstić information content (AvgIpc) is 2.81. The van der Waals surface area contributed by atoms with Crippen LogP contribution in [0.25, 0.3) is 0 Å². The summed E-state index contributed by atoms with van der Waals surface area (Å²) in [4.78, 5) is 11.8. The normalized spacial score (nSPS) is 10.4. The van der Waals surface area contributed by atoms with Crippen LogP contribution in [0.3, 0.4) is 0 Å². The summed E-state index contributed by atoms with van der Waals surface area (Å²) in [6, 6.07) is 6.83. The van der Waals surface area contributed by atoms with Gasteiger partial charge in [0.2, 0.25) is 0 Å². The first-order valence-electron chi connectivity index (χ1n) is 5.87. The summed E-state index contributed by atoms with van der Waals surface area (Å²) in [5, 5.41) is 7.63. The molecule has 6 heteroatoms. The maximum absolute atomic E-state index is 11.8. The molecule has 1 aromatic carbocycles. The van der Waals surface area contributed by atoms with Gasteiger partial charge in [-0.3, -0.25) is 9.48 Å². The molecule has 0 aliphatic carbocycles.